The highest BCUT2D eigenvalue weighted by Crippen LogP contribution is 2.25. The molecule has 0 aliphatic heterocycles. The van der Waals surface area contributed by atoms with Crippen LogP contribution in [0.1, 0.15) is 12.5 Å². The minimum Gasteiger partial charge on any atom is -0.325 e. The number of benzene rings is 1. The van der Waals surface area contributed by atoms with E-state index in [1.807, 2.05) is 31.2 Å². The molecule has 1 aromatic heterocycles. The summed E-state index contributed by atoms with van der Waals surface area (Å²) in [5.41, 5.74) is 1.86. The fourth-order valence-electron chi connectivity index (χ4n) is 1.52. The highest BCUT2D eigenvalue weighted by molar-refractivity contribution is 8.01. The van der Waals surface area contributed by atoms with Crippen LogP contribution in [0.25, 0.3) is 0 Å². The van der Waals surface area contributed by atoms with Gasteiger partial charge in [0.05, 0.1) is 5.75 Å². The first-order valence-electron chi connectivity index (χ1n) is 6.13. The molecule has 1 aromatic carbocycles. The molecule has 0 spiro atoms. The maximum absolute atomic E-state index is 11.8. The van der Waals surface area contributed by atoms with Crippen molar-refractivity contribution in [3.05, 3.63) is 29.8 Å². The smallest absolute Gasteiger partial charge is 0.234 e. The summed E-state index contributed by atoms with van der Waals surface area (Å²) in [6.45, 7) is 3.37. The number of amides is 2. The maximum Gasteiger partial charge on any atom is 0.234 e. The standard InChI is InChI=1S/C13H14N4O2S2/c1-8-4-3-5-10(6-8)15-11(19)7-20-13-17-16-12(21-13)14-9(2)18/h3-6H,7H2,1-2H3,(H,15,19)(H,14,16,18). The molecule has 0 aliphatic rings. The van der Waals surface area contributed by atoms with Gasteiger partial charge in [0.1, 0.15) is 0 Å². The van der Waals surface area contributed by atoms with Crippen LogP contribution in [0.5, 0.6) is 0 Å². The van der Waals surface area contributed by atoms with Gasteiger partial charge in [-0.05, 0) is 24.6 Å². The van der Waals surface area contributed by atoms with Crippen molar-refractivity contribution < 1.29 is 9.59 Å². The van der Waals surface area contributed by atoms with Crippen LogP contribution in [0.15, 0.2) is 28.6 Å². The van der Waals surface area contributed by atoms with E-state index in [0.717, 1.165) is 11.3 Å². The van der Waals surface area contributed by atoms with Crippen molar-refractivity contribution in [2.45, 2.75) is 18.2 Å². The Kier molecular flexibility index (Phi) is 5.29. The molecule has 0 radical (unpaired) electrons. The normalized spacial score (nSPS) is 10.2. The largest absolute Gasteiger partial charge is 0.325 e. The summed E-state index contributed by atoms with van der Waals surface area (Å²) < 4.78 is 0.637. The summed E-state index contributed by atoms with van der Waals surface area (Å²) in [5, 5.41) is 13.5. The number of nitrogens with one attached hydrogen (secondary N) is 2. The molecule has 2 rings (SSSR count). The zero-order chi connectivity index (χ0) is 15.2. The van der Waals surface area contributed by atoms with Crippen LogP contribution in [0.2, 0.25) is 0 Å². The SMILES string of the molecule is CC(=O)Nc1nnc(SCC(=O)Nc2cccc(C)c2)s1. The van der Waals surface area contributed by atoms with Gasteiger partial charge in [-0.15, -0.1) is 10.2 Å². The molecule has 8 heteroatoms. The van der Waals surface area contributed by atoms with Gasteiger partial charge in [0.25, 0.3) is 0 Å². The zero-order valence-electron chi connectivity index (χ0n) is 11.5. The number of hydrogen-bond donors (Lipinski definition) is 2. The van der Waals surface area contributed by atoms with Crippen LogP contribution in [0.4, 0.5) is 10.8 Å². The van der Waals surface area contributed by atoms with E-state index in [0.29, 0.717) is 9.47 Å². The Morgan fingerprint density at radius 3 is 2.81 bits per heavy atom. The Hall–Kier alpha value is -1.93. The van der Waals surface area contributed by atoms with E-state index < -0.39 is 0 Å². The molecular formula is C13H14N4O2S2. The second kappa shape index (κ2) is 7.19. The number of hydrogen-bond acceptors (Lipinski definition) is 6. The van der Waals surface area contributed by atoms with Crippen molar-refractivity contribution in [2.24, 2.45) is 0 Å². The molecule has 0 atom stereocenters. The lowest BCUT2D eigenvalue weighted by Gasteiger charge is -2.04. The van der Waals surface area contributed by atoms with Crippen LogP contribution in [0, 0.1) is 6.92 Å². The second-order valence-electron chi connectivity index (χ2n) is 4.26. The number of aromatic nitrogens is 2. The summed E-state index contributed by atoms with van der Waals surface area (Å²) >= 11 is 2.52. The van der Waals surface area contributed by atoms with Crippen LogP contribution < -0.4 is 10.6 Å². The predicted octanol–water partition coefficient (Wildman–Crippen LogP) is 2.54. The van der Waals surface area contributed by atoms with Crippen LogP contribution >= 0.6 is 23.1 Å². The van der Waals surface area contributed by atoms with Crippen LogP contribution in [-0.4, -0.2) is 27.8 Å². The molecule has 0 unspecified atom stereocenters. The first-order chi connectivity index (χ1) is 10.0. The van der Waals surface area contributed by atoms with Crippen molar-refractivity contribution >= 4 is 45.7 Å². The molecule has 0 bridgehead atoms. The summed E-state index contributed by atoms with van der Waals surface area (Å²) in [7, 11) is 0. The minimum atomic E-state index is -0.195. The Morgan fingerprint density at radius 2 is 2.10 bits per heavy atom. The van der Waals surface area contributed by atoms with E-state index in [4.69, 9.17) is 0 Å². The monoisotopic (exact) mass is 322 g/mol. The molecule has 0 fully saturated rings. The fraction of sp³-hybridized carbons (Fsp3) is 0.231. The lowest BCUT2D eigenvalue weighted by atomic mass is 10.2. The molecule has 1 heterocycles. The quantitative estimate of drug-likeness (QED) is 0.653. The average molecular weight is 322 g/mol. The van der Waals surface area contributed by atoms with Gasteiger partial charge in [-0.1, -0.05) is 35.2 Å². The number of carbonyl (C=O) groups is 2. The number of aryl methyl sites for hydroxylation is 1. The van der Waals surface area contributed by atoms with Gasteiger partial charge >= 0.3 is 0 Å². The topological polar surface area (TPSA) is 84.0 Å². The molecule has 0 aliphatic carbocycles. The van der Waals surface area contributed by atoms with Crippen LogP contribution in [-0.2, 0) is 9.59 Å². The first kappa shape index (κ1) is 15.5. The maximum atomic E-state index is 11.8. The van der Waals surface area contributed by atoms with Gasteiger partial charge in [-0.25, -0.2) is 0 Å². The Morgan fingerprint density at radius 1 is 1.29 bits per heavy atom. The van der Waals surface area contributed by atoms with E-state index in [-0.39, 0.29) is 17.6 Å². The van der Waals surface area contributed by atoms with Gasteiger partial charge in [0.15, 0.2) is 4.34 Å². The van der Waals surface area contributed by atoms with Gasteiger partial charge in [-0.3, -0.25) is 9.59 Å². The predicted molar refractivity (Wildman–Crippen MR) is 84.7 cm³/mol. The van der Waals surface area contributed by atoms with Crippen molar-refractivity contribution in [1.82, 2.24) is 10.2 Å². The van der Waals surface area contributed by atoms with Gasteiger partial charge in [0, 0.05) is 12.6 Å². The third kappa shape index (κ3) is 5.16. The van der Waals surface area contributed by atoms with Crippen molar-refractivity contribution in [2.75, 3.05) is 16.4 Å². The Labute approximate surface area is 130 Å². The van der Waals surface area contributed by atoms with E-state index in [9.17, 15) is 9.59 Å². The molecule has 0 saturated carbocycles. The summed E-state index contributed by atoms with van der Waals surface area (Å²) in [6.07, 6.45) is 0. The number of anilines is 2. The average Bonchev–Trinajstić information content (AvgIpc) is 2.83. The summed E-state index contributed by atoms with van der Waals surface area (Å²) in [4.78, 5) is 22.7. The number of nitrogens with zero attached hydrogens (tertiary/aromatic N) is 2. The minimum absolute atomic E-state index is 0.109. The molecular weight excluding hydrogens is 308 g/mol. The highest BCUT2D eigenvalue weighted by Gasteiger charge is 2.09. The van der Waals surface area contributed by atoms with E-state index >= 15 is 0 Å². The summed E-state index contributed by atoms with van der Waals surface area (Å²) in [6, 6.07) is 7.61. The van der Waals surface area contributed by atoms with Gasteiger partial charge < -0.3 is 10.6 Å². The third-order valence-electron chi connectivity index (χ3n) is 2.32. The Bertz CT molecular complexity index is 657. The summed E-state index contributed by atoms with van der Waals surface area (Å²) in [5.74, 6) is -0.0652. The van der Waals surface area contributed by atoms with E-state index in [2.05, 4.69) is 20.8 Å². The molecule has 2 amide bonds. The van der Waals surface area contributed by atoms with Crippen LogP contribution in [0.3, 0.4) is 0 Å². The van der Waals surface area contributed by atoms with Gasteiger partial charge in [0.2, 0.25) is 16.9 Å². The number of carbonyl (C=O) groups excluding carboxylic acids is 2. The molecule has 2 N–H and O–H groups in total. The second-order valence-corrected chi connectivity index (χ2v) is 6.46. The fourth-order valence-corrected chi connectivity index (χ4v) is 3.11. The van der Waals surface area contributed by atoms with Crippen molar-refractivity contribution in [1.29, 1.82) is 0 Å². The molecule has 0 saturated heterocycles. The van der Waals surface area contributed by atoms with Crippen molar-refractivity contribution in [3.63, 3.8) is 0 Å². The van der Waals surface area contributed by atoms with Crippen molar-refractivity contribution in [3.8, 4) is 0 Å². The van der Waals surface area contributed by atoms with E-state index in [1.165, 1.54) is 30.0 Å². The molecule has 110 valence electrons. The first-order valence-corrected chi connectivity index (χ1v) is 7.93. The number of rotatable bonds is 5. The Balaban J connectivity index is 1.83. The lowest BCUT2D eigenvalue weighted by molar-refractivity contribution is -0.114. The van der Waals surface area contributed by atoms with Gasteiger partial charge in [-0.2, -0.15) is 0 Å². The molecule has 2 aromatic rings. The number of thioether (sulfide) groups is 1. The van der Waals surface area contributed by atoms with E-state index in [1.54, 1.807) is 0 Å². The third-order valence-corrected chi connectivity index (χ3v) is 4.29. The zero-order valence-corrected chi connectivity index (χ0v) is 13.2. The molecule has 6 nitrogen and oxygen atoms in total. The highest BCUT2D eigenvalue weighted by atomic mass is 32.2. The molecule has 21 heavy (non-hydrogen) atoms. The lowest BCUT2D eigenvalue weighted by Crippen LogP contribution is -2.13.